The van der Waals surface area contributed by atoms with Gasteiger partial charge in [0, 0.05) is 11.3 Å². The topological polar surface area (TPSA) is 65.5 Å². The summed E-state index contributed by atoms with van der Waals surface area (Å²) in [6, 6.07) is 17.0. The van der Waals surface area contributed by atoms with E-state index >= 15 is 0 Å². The maximum atomic E-state index is 13.2. The van der Waals surface area contributed by atoms with Gasteiger partial charge in [0.15, 0.2) is 0 Å². The number of aryl methyl sites for hydroxylation is 3. The van der Waals surface area contributed by atoms with E-state index in [-0.39, 0.29) is 6.61 Å². The number of ether oxygens (including phenoxy) is 2. The van der Waals surface area contributed by atoms with Crippen LogP contribution in [0.4, 0.5) is 0 Å². The molecule has 1 heterocycles. The van der Waals surface area contributed by atoms with E-state index in [1.807, 2.05) is 44.2 Å². The average molecular weight is 432 g/mol. The van der Waals surface area contributed by atoms with Gasteiger partial charge in [0.2, 0.25) is 0 Å². The molecule has 3 rings (SSSR count). The lowest BCUT2D eigenvalue weighted by atomic mass is 9.96. The third-order valence-electron chi connectivity index (χ3n) is 5.39. The van der Waals surface area contributed by atoms with Gasteiger partial charge in [0.1, 0.15) is 6.61 Å². The summed E-state index contributed by atoms with van der Waals surface area (Å²) in [5.74, 6) is -0.928. The van der Waals surface area contributed by atoms with E-state index in [9.17, 15) is 9.59 Å². The molecule has 0 amide bonds. The van der Waals surface area contributed by atoms with Gasteiger partial charge in [-0.05, 0) is 49.9 Å². The van der Waals surface area contributed by atoms with Crippen LogP contribution in [-0.2, 0) is 22.5 Å². The van der Waals surface area contributed by atoms with Crippen LogP contribution in [0.3, 0.4) is 0 Å². The molecular weight excluding hydrogens is 402 g/mol. The van der Waals surface area contributed by atoms with Crippen LogP contribution in [0.1, 0.15) is 63.0 Å². The summed E-state index contributed by atoms with van der Waals surface area (Å²) in [6.45, 7) is 5.98. The fraction of sp³-hybridized carbons (Fsp3) is 0.296. The van der Waals surface area contributed by atoms with Gasteiger partial charge < -0.3 is 9.47 Å². The second-order valence-electron chi connectivity index (χ2n) is 7.82. The van der Waals surface area contributed by atoms with Gasteiger partial charge in [-0.2, -0.15) is 0 Å². The molecule has 5 heteroatoms. The summed E-state index contributed by atoms with van der Waals surface area (Å²) in [5.41, 5.74) is 5.93. The molecule has 0 N–H and O–H groups in total. The zero-order chi connectivity index (χ0) is 23.1. The van der Waals surface area contributed by atoms with Crippen LogP contribution in [0.15, 0.2) is 54.6 Å². The minimum Gasteiger partial charge on any atom is -0.465 e. The molecule has 0 spiro atoms. The number of hydrogen-bond donors (Lipinski definition) is 0. The maximum Gasteiger partial charge on any atom is 0.340 e. The molecule has 0 bridgehead atoms. The normalized spacial score (nSPS) is 10.6. The van der Waals surface area contributed by atoms with Crippen molar-refractivity contribution in [2.45, 2.75) is 46.6 Å². The molecule has 3 aromatic rings. The van der Waals surface area contributed by atoms with Crippen molar-refractivity contribution in [3.8, 4) is 11.1 Å². The number of rotatable bonds is 8. The van der Waals surface area contributed by atoms with E-state index in [1.54, 1.807) is 24.3 Å². The molecular formula is C27H29NO4. The minimum absolute atomic E-state index is 0.0333. The number of nitrogens with zero attached hydrogens (tertiary/aromatic N) is 1. The van der Waals surface area contributed by atoms with E-state index < -0.39 is 11.9 Å². The van der Waals surface area contributed by atoms with Gasteiger partial charge in [-0.3, -0.25) is 4.98 Å². The van der Waals surface area contributed by atoms with E-state index in [0.717, 1.165) is 41.6 Å². The predicted molar refractivity (Wildman–Crippen MR) is 125 cm³/mol. The zero-order valence-corrected chi connectivity index (χ0v) is 19.1. The molecule has 5 nitrogen and oxygen atoms in total. The molecule has 0 unspecified atom stereocenters. The molecule has 0 aliphatic heterocycles. The number of carbonyl (C=O) groups excluding carboxylic acids is 2. The Morgan fingerprint density at radius 2 is 1.69 bits per heavy atom. The standard InChI is InChI=1S/C27H29NO4/c1-5-6-10-22-16-24(20-14-12-18(2)13-15-20)25(19(3)28-22)27(30)32-17-21-9-7-8-11-23(21)26(29)31-4/h7-9,11-16H,5-6,10,17H2,1-4H3. The zero-order valence-electron chi connectivity index (χ0n) is 19.1. The number of pyridine rings is 1. The van der Waals surface area contributed by atoms with Crippen LogP contribution < -0.4 is 0 Å². The largest absolute Gasteiger partial charge is 0.465 e. The molecule has 2 aromatic carbocycles. The van der Waals surface area contributed by atoms with Crippen molar-refractivity contribution in [1.82, 2.24) is 4.98 Å². The number of hydrogen-bond acceptors (Lipinski definition) is 5. The van der Waals surface area contributed by atoms with Crippen molar-refractivity contribution in [3.63, 3.8) is 0 Å². The third kappa shape index (κ3) is 5.41. The highest BCUT2D eigenvalue weighted by Crippen LogP contribution is 2.28. The first kappa shape index (κ1) is 23.2. The molecule has 0 radical (unpaired) electrons. The van der Waals surface area contributed by atoms with Crippen LogP contribution in [-0.4, -0.2) is 24.0 Å². The Labute approximate surface area is 189 Å². The number of unbranched alkanes of at least 4 members (excludes halogenated alkanes) is 1. The van der Waals surface area contributed by atoms with Crippen molar-refractivity contribution in [2.24, 2.45) is 0 Å². The van der Waals surface area contributed by atoms with Crippen molar-refractivity contribution in [2.75, 3.05) is 7.11 Å². The Kier molecular flexibility index (Phi) is 7.77. The fourth-order valence-corrected chi connectivity index (χ4v) is 3.61. The monoisotopic (exact) mass is 431 g/mol. The molecule has 0 aliphatic carbocycles. The second-order valence-corrected chi connectivity index (χ2v) is 7.82. The smallest absolute Gasteiger partial charge is 0.340 e. The predicted octanol–water partition coefficient (Wildman–Crippen LogP) is 5.85. The Morgan fingerprint density at radius 1 is 0.969 bits per heavy atom. The Hall–Kier alpha value is -3.47. The third-order valence-corrected chi connectivity index (χ3v) is 5.39. The average Bonchev–Trinajstić information content (AvgIpc) is 2.81. The summed E-state index contributed by atoms with van der Waals surface area (Å²) >= 11 is 0. The van der Waals surface area contributed by atoms with Gasteiger partial charge in [-0.1, -0.05) is 61.4 Å². The molecule has 0 aliphatic rings. The highest BCUT2D eigenvalue weighted by atomic mass is 16.5. The summed E-state index contributed by atoms with van der Waals surface area (Å²) in [7, 11) is 1.33. The first-order chi connectivity index (χ1) is 15.4. The first-order valence-electron chi connectivity index (χ1n) is 10.9. The van der Waals surface area contributed by atoms with Gasteiger partial charge in [-0.25, -0.2) is 9.59 Å². The Balaban J connectivity index is 1.95. The highest BCUT2D eigenvalue weighted by Gasteiger charge is 2.21. The molecule has 0 saturated carbocycles. The lowest BCUT2D eigenvalue weighted by Crippen LogP contribution is -2.13. The maximum absolute atomic E-state index is 13.2. The van der Waals surface area contributed by atoms with Crippen molar-refractivity contribution in [1.29, 1.82) is 0 Å². The van der Waals surface area contributed by atoms with Crippen molar-refractivity contribution >= 4 is 11.9 Å². The SMILES string of the molecule is CCCCc1cc(-c2ccc(C)cc2)c(C(=O)OCc2ccccc2C(=O)OC)c(C)n1. The van der Waals surface area contributed by atoms with E-state index in [0.29, 0.717) is 22.4 Å². The number of aromatic nitrogens is 1. The number of methoxy groups -OCH3 is 1. The van der Waals surface area contributed by atoms with E-state index in [2.05, 4.69) is 11.9 Å². The number of benzene rings is 2. The molecule has 1 aromatic heterocycles. The van der Waals surface area contributed by atoms with Crippen LogP contribution in [0.25, 0.3) is 11.1 Å². The molecule has 0 saturated heterocycles. The molecule has 0 atom stereocenters. The Morgan fingerprint density at radius 3 is 2.38 bits per heavy atom. The fourth-order valence-electron chi connectivity index (χ4n) is 3.61. The number of carbonyl (C=O) groups is 2. The number of esters is 2. The first-order valence-corrected chi connectivity index (χ1v) is 10.9. The lowest BCUT2D eigenvalue weighted by Gasteiger charge is -2.15. The van der Waals surface area contributed by atoms with Crippen LogP contribution in [0, 0.1) is 13.8 Å². The van der Waals surface area contributed by atoms with E-state index in [1.165, 1.54) is 7.11 Å². The van der Waals surface area contributed by atoms with Crippen LogP contribution >= 0.6 is 0 Å². The summed E-state index contributed by atoms with van der Waals surface area (Å²) in [5, 5.41) is 0. The van der Waals surface area contributed by atoms with Gasteiger partial charge in [0.05, 0.1) is 23.9 Å². The van der Waals surface area contributed by atoms with Crippen molar-refractivity contribution in [3.05, 3.63) is 88.2 Å². The van der Waals surface area contributed by atoms with Crippen molar-refractivity contribution < 1.29 is 19.1 Å². The summed E-state index contributed by atoms with van der Waals surface area (Å²) in [4.78, 5) is 29.9. The molecule has 166 valence electrons. The molecule has 0 fully saturated rings. The second kappa shape index (κ2) is 10.7. The van der Waals surface area contributed by atoms with Gasteiger partial charge >= 0.3 is 11.9 Å². The van der Waals surface area contributed by atoms with Crippen LogP contribution in [0.2, 0.25) is 0 Å². The lowest BCUT2D eigenvalue weighted by molar-refractivity contribution is 0.0460. The quantitative estimate of drug-likeness (QED) is 0.419. The minimum atomic E-state index is -0.465. The van der Waals surface area contributed by atoms with Gasteiger partial charge in [0.25, 0.3) is 0 Å². The van der Waals surface area contributed by atoms with Crippen LogP contribution in [0.5, 0.6) is 0 Å². The van der Waals surface area contributed by atoms with E-state index in [4.69, 9.17) is 9.47 Å². The molecule has 32 heavy (non-hydrogen) atoms. The summed E-state index contributed by atoms with van der Waals surface area (Å²) in [6.07, 6.45) is 2.97. The van der Waals surface area contributed by atoms with Gasteiger partial charge in [-0.15, -0.1) is 0 Å². The highest BCUT2D eigenvalue weighted by molar-refractivity contribution is 5.98. The Bertz CT molecular complexity index is 1100. The summed E-state index contributed by atoms with van der Waals surface area (Å²) < 4.78 is 10.5.